The molecule has 180 valence electrons. The molecule has 8 nitrogen and oxygen atoms in total. The van der Waals surface area contributed by atoms with Crippen LogP contribution in [-0.2, 0) is 26.2 Å². The molecule has 1 atom stereocenters. The molecule has 0 aromatic heterocycles. The van der Waals surface area contributed by atoms with Crippen LogP contribution in [-0.4, -0.2) is 54.0 Å². The minimum absolute atomic E-state index is 0.0436. The molecule has 1 aliphatic heterocycles. The molecule has 2 aromatic carbocycles. The van der Waals surface area contributed by atoms with Crippen LogP contribution in [0.1, 0.15) is 54.9 Å². The third kappa shape index (κ3) is 4.84. The summed E-state index contributed by atoms with van der Waals surface area (Å²) in [5.41, 5.74) is 0.967. The van der Waals surface area contributed by atoms with Gasteiger partial charge in [0.1, 0.15) is 10.9 Å². The van der Waals surface area contributed by atoms with Gasteiger partial charge in [0, 0.05) is 25.6 Å². The van der Waals surface area contributed by atoms with Gasteiger partial charge in [-0.25, -0.2) is 12.7 Å². The number of carbonyl (C=O) groups excluding carboxylic acids is 3. The molecule has 1 fully saturated rings. The van der Waals surface area contributed by atoms with Crippen molar-refractivity contribution >= 4 is 27.7 Å². The molecular weight excluding hydrogens is 454 g/mol. The lowest BCUT2D eigenvalue weighted by atomic mass is 10.1. The van der Waals surface area contributed by atoms with E-state index in [0.29, 0.717) is 0 Å². The zero-order valence-electron chi connectivity index (χ0n) is 19.1. The molecule has 0 radical (unpaired) electrons. The van der Waals surface area contributed by atoms with E-state index in [9.17, 15) is 22.8 Å². The summed E-state index contributed by atoms with van der Waals surface area (Å²) in [6.07, 6.45) is 3.80. The molecule has 1 heterocycles. The van der Waals surface area contributed by atoms with Gasteiger partial charge in [-0.2, -0.15) is 0 Å². The van der Waals surface area contributed by atoms with E-state index in [1.807, 2.05) is 30.3 Å². The summed E-state index contributed by atoms with van der Waals surface area (Å²) in [6, 6.07) is 14.7. The van der Waals surface area contributed by atoms with E-state index in [4.69, 9.17) is 0 Å². The molecule has 1 unspecified atom stereocenters. The Labute approximate surface area is 200 Å². The zero-order chi connectivity index (χ0) is 24.3. The maximum atomic E-state index is 13.3. The Morgan fingerprint density at radius 2 is 1.71 bits per heavy atom. The molecule has 9 heteroatoms. The molecular formula is C25H29N3O5S. The molecule has 1 N–H and O–H groups in total. The average Bonchev–Trinajstić information content (AvgIpc) is 3.41. The predicted octanol–water partition coefficient (Wildman–Crippen LogP) is 2.70. The second-order valence-electron chi connectivity index (χ2n) is 8.80. The zero-order valence-corrected chi connectivity index (χ0v) is 20.0. The fourth-order valence-electron chi connectivity index (χ4n) is 4.55. The second-order valence-corrected chi connectivity index (χ2v) is 10.6. The third-order valence-corrected chi connectivity index (χ3v) is 8.35. The second kappa shape index (κ2) is 9.97. The number of carbonyl (C=O) groups is 3. The van der Waals surface area contributed by atoms with Crippen molar-refractivity contribution in [3.05, 3.63) is 65.7 Å². The smallest absolute Gasteiger partial charge is 0.269 e. The lowest BCUT2D eigenvalue weighted by Gasteiger charge is -2.30. The largest absolute Gasteiger partial charge is 0.352 e. The average molecular weight is 484 g/mol. The molecule has 4 rings (SSSR count). The summed E-state index contributed by atoms with van der Waals surface area (Å²) in [6.45, 7) is 1.61. The van der Waals surface area contributed by atoms with E-state index in [1.165, 1.54) is 17.0 Å². The summed E-state index contributed by atoms with van der Waals surface area (Å²) in [7, 11) is -3.99. The predicted molar refractivity (Wildman–Crippen MR) is 126 cm³/mol. The highest BCUT2D eigenvalue weighted by atomic mass is 32.2. The van der Waals surface area contributed by atoms with Crippen LogP contribution < -0.4 is 5.32 Å². The van der Waals surface area contributed by atoms with Crippen molar-refractivity contribution in [3.8, 4) is 0 Å². The standard InChI is InChI=1S/C25H29N3O5S/c1-18(24(30)26-20-11-5-6-12-20)27(17-19-9-3-2-4-10-19)23(29)15-16-28-25(31)21-13-7-8-14-22(21)34(28,32)33/h2-4,7-10,13-14,18,20H,5-6,11-12,15-17H2,1H3,(H,26,30). The SMILES string of the molecule is CC(C(=O)NC1CCCC1)N(Cc1ccccc1)C(=O)CCN1C(=O)c2ccccc2S1(=O)=O. The highest BCUT2D eigenvalue weighted by Crippen LogP contribution is 2.30. The number of fused-ring (bicyclic) bond motifs is 1. The Bertz CT molecular complexity index is 1180. The van der Waals surface area contributed by atoms with E-state index in [1.54, 1.807) is 19.1 Å². The monoisotopic (exact) mass is 483 g/mol. The molecule has 0 bridgehead atoms. The molecule has 1 aliphatic carbocycles. The summed E-state index contributed by atoms with van der Waals surface area (Å²) in [5, 5.41) is 3.04. The molecule has 0 saturated heterocycles. The minimum Gasteiger partial charge on any atom is -0.352 e. The van der Waals surface area contributed by atoms with E-state index < -0.39 is 27.9 Å². The molecule has 3 amide bonds. The molecule has 2 aromatic rings. The van der Waals surface area contributed by atoms with E-state index >= 15 is 0 Å². The molecule has 0 spiro atoms. The van der Waals surface area contributed by atoms with Crippen LogP contribution in [0.15, 0.2) is 59.5 Å². The first-order valence-corrected chi connectivity index (χ1v) is 13.0. The summed E-state index contributed by atoms with van der Waals surface area (Å²) >= 11 is 0. The molecule has 1 saturated carbocycles. The maximum Gasteiger partial charge on any atom is 0.269 e. The first-order chi connectivity index (χ1) is 16.3. The molecule has 34 heavy (non-hydrogen) atoms. The van der Waals surface area contributed by atoms with Crippen molar-refractivity contribution in [2.75, 3.05) is 6.54 Å². The van der Waals surface area contributed by atoms with Crippen LogP contribution in [0.4, 0.5) is 0 Å². The Hall–Kier alpha value is -3.20. The van der Waals surface area contributed by atoms with Crippen LogP contribution in [0.2, 0.25) is 0 Å². The summed E-state index contributed by atoms with van der Waals surface area (Å²) < 4.78 is 26.4. The normalized spacial score (nSPS) is 17.9. The Morgan fingerprint density at radius 3 is 2.38 bits per heavy atom. The Kier molecular flexibility index (Phi) is 7.02. The van der Waals surface area contributed by atoms with Gasteiger partial charge >= 0.3 is 0 Å². The number of nitrogens with zero attached hydrogens (tertiary/aromatic N) is 2. The van der Waals surface area contributed by atoms with Gasteiger partial charge in [0.2, 0.25) is 11.8 Å². The van der Waals surface area contributed by atoms with Gasteiger partial charge in [0.15, 0.2) is 0 Å². The lowest BCUT2D eigenvalue weighted by Crippen LogP contribution is -2.50. The number of hydrogen-bond donors (Lipinski definition) is 1. The fourth-order valence-corrected chi connectivity index (χ4v) is 6.12. The van der Waals surface area contributed by atoms with E-state index in [2.05, 4.69) is 5.32 Å². The summed E-state index contributed by atoms with van der Waals surface area (Å²) in [5.74, 6) is -1.25. The van der Waals surface area contributed by atoms with Crippen molar-refractivity contribution in [1.29, 1.82) is 0 Å². The van der Waals surface area contributed by atoms with E-state index in [-0.39, 0.29) is 41.9 Å². The highest BCUT2D eigenvalue weighted by Gasteiger charge is 2.41. The number of benzene rings is 2. The van der Waals surface area contributed by atoms with Gasteiger partial charge in [-0.1, -0.05) is 55.3 Å². The van der Waals surface area contributed by atoms with Gasteiger partial charge in [0.25, 0.3) is 15.9 Å². The maximum absolute atomic E-state index is 13.3. The van der Waals surface area contributed by atoms with Crippen LogP contribution in [0.25, 0.3) is 0 Å². The minimum atomic E-state index is -3.99. The molecule has 2 aliphatic rings. The number of hydrogen-bond acceptors (Lipinski definition) is 5. The van der Waals surface area contributed by atoms with Crippen LogP contribution >= 0.6 is 0 Å². The van der Waals surface area contributed by atoms with Crippen LogP contribution in [0.3, 0.4) is 0 Å². The third-order valence-electron chi connectivity index (χ3n) is 6.51. The van der Waals surface area contributed by atoms with Gasteiger partial charge < -0.3 is 10.2 Å². The first-order valence-electron chi connectivity index (χ1n) is 11.6. The fraction of sp³-hybridized carbons (Fsp3) is 0.400. The quantitative estimate of drug-likeness (QED) is 0.622. The first kappa shape index (κ1) is 23.9. The van der Waals surface area contributed by atoms with Gasteiger partial charge in [-0.15, -0.1) is 0 Å². The summed E-state index contributed by atoms with van der Waals surface area (Å²) in [4.78, 5) is 40.3. The van der Waals surface area contributed by atoms with Crippen molar-refractivity contribution in [3.63, 3.8) is 0 Å². The number of sulfonamides is 1. The Morgan fingerprint density at radius 1 is 1.06 bits per heavy atom. The number of rotatable bonds is 8. The van der Waals surface area contributed by atoms with Gasteiger partial charge in [0.05, 0.1) is 5.56 Å². The van der Waals surface area contributed by atoms with Gasteiger partial charge in [-0.3, -0.25) is 14.4 Å². The topological polar surface area (TPSA) is 104 Å². The number of nitrogens with one attached hydrogen (secondary N) is 1. The number of amides is 3. The van der Waals surface area contributed by atoms with Crippen molar-refractivity contribution in [2.24, 2.45) is 0 Å². The van der Waals surface area contributed by atoms with Crippen LogP contribution in [0.5, 0.6) is 0 Å². The lowest BCUT2D eigenvalue weighted by molar-refractivity contribution is -0.140. The van der Waals surface area contributed by atoms with Crippen LogP contribution in [0, 0.1) is 0 Å². The van der Waals surface area contributed by atoms with Crippen molar-refractivity contribution in [2.45, 2.75) is 62.6 Å². The highest BCUT2D eigenvalue weighted by molar-refractivity contribution is 7.90. The van der Waals surface area contributed by atoms with E-state index in [0.717, 1.165) is 35.6 Å². The Balaban J connectivity index is 1.49. The van der Waals surface area contributed by atoms with Crippen molar-refractivity contribution < 1.29 is 22.8 Å². The van der Waals surface area contributed by atoms with Gasteiger partial charge in [-0.05, 0) is 37.5 Å². The van der Waals surface area contributed by atoms with Crippen molar-refractivity contribution in [1.82, 2.24) is 14.5 Å².